The largest absolute Gasteiger partial charge is 0.372 e. The molecule has 0 unspecified atom stereocenters. The molecule has 3 N–H and O–H groups in total. The molecule has 88 valence electrons. The van der Waals surface area contributed by atoms with Gasteiger partial charge in [0.25, 0.3) is 0 Å². The second-order valence-corrected chi connectivity index (χ2v) is 4.46. The van der Waals surface area contributed by atoms with Crippen LogP contribution in [-0.4, -0.2) is 32.6 Å². The number of hydrogen-bond donors (Lipinski definition) is 3. The number of rotatable bonds is 1. The van der Waals surface area contributed by atoms with E-state index in [2.05, 4.69) is 24.4 Å². The number of halogens is 1. The normalized spacial score (nSPS) is 19.2. The molecule has 0 saturated carbocycles. The van der Waals surface area contributed by atoms with E-state index in [1.807, 2.05) is 6.07 Å². The number of aliphatic hydroxyl groups excluding tert-OH is 1. The van der Waals surface area contributed by atoms with Gasteiger partial charge in [-0.1, -0.05) is 11.6 Å². The maximum absolute atomic E-state index is 9.30. The summed E-state index contributed by atoms with van der Waals surface area (Å²) in [6.45, 7) is 0.325. The van der Waals surface area contributed by atoms with Crippen LogP contribution in [0.5, 0.6) is 0 Å². The third kappa shape index (κ3) is 1.92. The molecule has 0 saturated heterocycles. The van der Waals surface area contributed by atoms with E-state index in [4.69, 9.17) is 11.6 Å². The number of nitrogens with one attached hydrogen (secondary N) is 2. The van der Waals surface area contributed by atoms with Crippen molar-refractivity contribution < 1.29 is 5.11 Å². The number of nitrogens with zero attached hydrogens (tertiary/aromatic N) is 3. The van der Waals surface area contributed by atoms with Gasteiger partial charge in [0.05, 0.1) is 29.0 Å². The van der Waals surface area contributed by atoms with Crippen LogP contribution in [0.2, 0.25) is 5.02 Å². The lowest BCUT2D eigenvalue weighted by atomic mass is 10.2. The number of aromatic nitrogens is 2. The van der Waals surface area contributed by atoms with Crippen LogP contribution >= 0.6 is 23.3 Å². The molecule has 1 aromatic heterocycles. The molecule has 17 heavy (non-hydrogen) atoms. The van der Waals surface area contributed by atoms with Crippen LogP contribution in [0.15, 0.2) is 17.1 Å². The van der Waals surface area contributed by atoms with Crippen molar-refractivity contribution in [2.75, 3.05) is 11.9 Å². The molecule has 6 nitrogen and oxygen atoms in total. The molecule has 0 bridgehead atoms. The first kappa shape index (κ1) is 10.7. The summed E-state index contributed by atoms with van der Waals surface area (Å²) < 4.78 is 8.31. The van der Waals surface area contributed by atoms with Crippen LogP contribution in [0.1, 0.15) is 0 Å². The Labute approximate surface area is 106 Å². The maximum Gasteiger partial charge on any atom is 0.198 e. The minimum absolute atomic E-state index is 0.325. The van der Waals surface area contributed by atoms with Gasteiger partial charge in [0, 0.05) is 0 Å². The Kier molecular flexibility index (Phi) is 2.58. The molecule has 1 aliphatic heterocycles. The van der Waals surface area contributed by atoms with E-state index in [0.29, 0.717) is 28.7 Å². The quantitative estimate of drug-likeness (QED) is 0.720. The average molecular weight is 270 g/mol. The van der Waals surface area contributed by atoms with Gasteiger partial charge in [0.2, 0.25) is 0 Å². The van der Waals surface area contributed by atoms with Gasteiger partial charge in [-0.05, 0) is 12.1 Å². The number of guanidine groups is 1. The van der Waals surface area contributed by atoms with Gasteiger partial charge in [-0.15, -0.1) is 0 Å². The van der Waals surface area contributed by atoms with Gasteiger partial charge < -0.3 is 15.7 Å². The average Bonchev–Trinajstić information content (AvgIpc) is 2.91. The molecular weight excluding hydrogens is 262 g/mol. The summed E-state index contributed by atoms with van der Waals surface area (Å²) >= 11 is 7.23. The third-order valence-corrected chi connectivity index (χ3v) is 3.20. The van der Waals surface area contributed by atoms with Gasteiger partial charge in [0.15, 0.2) is 5.96 Å². The second-order valence-electron chi connectivity index (χ2n) is 3.53. The molecule has 0 aliphatic carbocycles. The molecule has 3 rings (SSSR count). The molecule has 2 heterocycles. The van der Waals surface area contributed by atoms with Gasteiger partial charge in [-0.3, -0.25) is 0 Å². The zero-order chi connectivity index (χ0) is 11.8. The monoisotopic (exact) mass is 269 g/mol. The maximum atomic E-state index is 9.30. The Bertz CT molecular complexity index is 598. The first-order valence-corrected chi connectivity index (χ1v) is 6.02. The summed E-state index contributed by atoms with van der Waals surface area (Å²) in [4.78, 5) is 4.09. The molecule has 0 spiro atoms. The Morgan fingerprint density at radius 1 is 1.47 bits per heavy atom. The number of aliphatic imine (C=N–C) groups is 1. The lowest BCUT2D eigenvalue weighted by Gasteiger charge is -2.09. The highest BCUT2D eigenvalue weighted by Gasteiger charge is 2.17. The van der Waals surface area contributed by atoms with Gasteiger partial charge in [-0.2, -0.15) is 8.75 Å². The van der Waals surface area contributed by atoms with Gasteiger partial charge >= 0.3 is 0 Å². The van der Waals surface area contributed by atoms with Gasteiger partial charge in [-0.25, -0.2) is 4.99 Å². The van der Waals surface area contributed by atoms with E-state index in [1.165, 1.54) is 0 Å². The number of benzene rings is 1. The van der Waals surface area contributed by atoms with Crippen LogP contribution in [0.3, 0.4) is 0 Å². The summed E-state index contributed by atoms with van der Waals surface area (Å²) in [6, 6.07) is 3.56. The Hall–Kier alpha value is -1.44. The number of fused-ring (bicyclic) bond motifs is 1. The lowest BCUT2D eigenvalue weighted by Crippen LogP contribution is -2.34. The molecule has 0 amide bonds. The van der Waals surface area contributed by atoms with Crippen molar-refractivity contribution in [3.63, 3.8) is 0 Å². The van der Waals surface area contributed by atoms with Crippen LogP contribution in [0.25, 0.3) is 11.0 Å². The highest BCUT2D eigenvalue weighted by molar-refractivity contribution is 7.00. The highest BCUT2D eigenvalue weighted by Crippen LogP contribution is 2.29. The van der Waals surface area contributed by atoms with Crippen molar-refractivity contribution in [1.29, 1.82) is 0 Å². The minimum atomic E-state index is -0.649. The van der Waals surface area contributed by atoms with E-state index in [1.54, 1.807) is 6.07 Å². The summed E-state index contributed by atoms with van der Waals surface area (Å²) in [5.74, 6) is 0.486. The summed E-state index contributed by atoms with van der Waals surface area (Å²) in [5.41, 5.74) is 2.13. The Morgan fingerprint density at radius 2 is 2.35 bits per heavy atom. The van der Waals surface area contributed by atoms with Crippen molar-refractivity contribution in [3.8, 4) is 0 Å². The molecular formula is C9H8ClN5OS. The zero-order valence-electron chi connectivity index (χ0n) is 8.51. The molecule has 0 radical (unpaired) electrons. The van der Waals surface area contributed by atoms with Crippen LogP contribution in [0, 0.1) is 0 Å². The predicted molar refractivity (Wildman–Crippen MR) is 67.5 cm³/mol. The third-order valence-electron chi connectivity index (χ3n) is 2.35. The number of hydrogen-bond acceptors (Lipinski definition) is 7. The molecule has 0 fully saturated rings. The summed E-state index contributed by atoms with van der Waals surface area (Å²) in [5, 5.41) is 15.6. The predicted octanol–water partition coefficient (Wildman–Crippen LogP) is 1.03. The van der Waals surface area contributed by atoms with Crippen LogP contribution < -0.4 is 10.6 Å². The second kappa shape index (κ2) is 4.10. The molecule has 8 heteroatoms. The first-order chi connectivity index (χ1) is 8.24. The van der Waals surface area contributed by atoms with E-state index in [0.717, 1.165) is 17.2 Å². The Morgan fingerprint density at radius 3 is 3.12 bits per heavy atom. The minimum Gasteiger partial charge on any atom is -0.372 e. The number of anilines is 1. The van der Waals surface area contributed by atoms with Crippen molar-refractivity contribution in [2.24, 2.45) is 4.99 Å². The van der Waals surface area contributed by atoms with Crippen LogP contribution in [-0.2, 0) is 0 Å². The van der Waals surface area contributed by atoms with E-state index in [9.17, 15) is 5.11 Å². The fourth-order valence-corrected chi connectivity index (χ4v) is 2.31. The van der Waals surface area contributed by atoms with Crippen molar-refractivity contribution in [3.05, 3.63) is 17.2 Å². The van der Waals surface area contributed by atoms with E-state index < -0.39 is 6.23 Å². The zero-order valence-corrected chi connectivity index (χ0v) is 10.1. The van der Waals surface area contributed by atoms with Crippen molar-refractivity contribution in [2.45, 2.75) is 6.23 Å². The van der Waals surface area contributed by atoms with Crippen LogP contribution in [0.4, 0.5) is 5.69 Å². The SMILES string of the molecule is O[C@@H]1CN=C(Nc2c(Cl)ccc3nsnc23)N1. The van der Waals surface area contributed by atoms with Gasteiger partial charge in [0.1, 0.15) is 17.3 Å². The fourth-order valence-electron chi connectivity index (χ4n) is 1.57. The van der Waals surface area contributed by atoms with Crippen molar-refractivity contribution in [1.82, 2.24) is 14.1 Å². The molecule has 1 aliphatic rings. The highest BCUT2D eigenvalue weighted by atomic mass is 35.5. The Balaban J connectivity index is 1.99. The topological polar surface area (TPSA) is 82.4 Å². The van der Waals surface area contributed by atoms with E-state index in [-0.39, 0.29) is 0 Å². The summed E-state index contributed by atoms with van der Waals surface area (Å²) in [6.07, 6.45) is -0.649. The lowest BCUT2D eigenvalue weighted by molar-refractivity contribution is 0.179. The van der Waals surface area contributed by atoms with Crippen molar-refractivity contribution >= 4 is 46.0 Å². The van der Waals surface area contributed by atoms with E-state index >= 15 is 0 Å². The number of aliphatic hydroxyl groups is 1. The molecule has 2 aromatic rings. The standard InChI is InChI=1S/C9H8ClN5OS/c10-4-1-2-5-8(15-17-14-5)7(4)13-9-11-3-6(16)12-9/h1-2,6,16H,3H2,(H2,11,12,13)/t6-/m1/s1. The smallest absolute Gasteiger partial charge is 0.198 e. The molecule has 1 aromatic carbocycles. The fraction of sp³-hybridized carbons (Fsp3) is 0.222. The first-order valence-electron chi connectivity index (χ1n) is 4.91. The summed E-state index contributed by atoms with van der Waals surface area (Å²) in [7, 11) is 0. The molecule has 1 atom stereocenters.